The van der Waals surface area contributed by atoms with Crippen LogP contribution >= 0.6 is 23.1 Å². The second-order valence-electron chi connectivity index (χ2n) is 6.30. The molecule has 0 aliphatic rings. The molecule has 9 heteroatoms. The minimum atomic E-state index is -0.0851. The molecule has 0 bridgehead atoms. The monoisotopic (exact) mass is 402 g/mol. The van der Waals surface area contributed by atoms with E-state index < -0.39 is 0 Å². The largest absolute Gasteiger partial charge is 0.330 e. The summed E-state index contributed by atoms with van der Waals surface area (Å²) in [6, 6.07) is 6.17. The molecule has 0 spiro atoms. The Morgan fingerprint density at radius 2 is 1.96 bits per heavy atom. The number of aryl methyl sites for hydroxylation is 4. The summed E-state index contributed by atoms with van der Waals surface area (Å²) in [5.41, 5.74) is 5.96. The Hall–Kier alpha value is -2.39. The van der Waals surface area contributed by atoms with E-state index in [0.717, 1.165) is 27.1 Å². The second kappa shape index (κ2) is 8.10. The van der Waals surface area contributed by atoms with Gasteiger partial charge in [0.1, 0.15) is 0 Å². The number of hydrogen-bond donors (Lipinski definition) is 2. The molecule has 0 unspecified atom stereocenters. The predicted octanol–water partition coefficient (Wildman–Crippen LogP) is 3.98. The molecular formula is C18H22N6OS2. The topological polar surface area (TPSA) is 84.7 Å². The number of benzene rings is 1. The van der Waals surface area contributed by atoms with E-state index in [2.05, 4.69) is 51.9 Å². The number of carbonyl (C=O) groups is 1. The number of rotatable bonds is 6. The molecule has 0 radical (unpaired) electrons. The van der Waals surface area contributed by atoms with E-state index in [0.29, 0.717) is 5.13 Å². The zero-order valence-corrected chi connectivity index (χ0v) is 17.6. The van der Waals surface area contributed by atoms with Crippen molar-refractivity contribution in [3.8, 4) is 0 Å². The normalized spacial score (nSPS) is 10.9. The molecule has 0 aliphatic heterocycles. The molecule has 2 heterocycles. The third kappa shape index (κ3) is 4.67. The van der Waals surface area contributed by atoms with Crippen LogP contribution in [0.25, 0.3) is 0 Å². The molecule has 2 aromatic heterocycles. The maximum atomic E-state index is 12.2. The van der Waals surface area contributed by atoms with Gasteiger partial charge in [-0.05, 0) is 51.0 Å². The third-order valence-corrected chi connectivity index (χ3v) is 6.24. The number of hydrogen-bond acceptors (Lipinski definition) is 7. The van der Waals surface area contributed by atoms with Crippen LogP contribution in [0.15, 0.2) is 22.5 Å². The van der Waals surface area contributed by atoms with Crippen LogP contribution in [0.1, 0.15) is 22.5 Å². The number of thioether (sulfide) groups is 1. The van der Waals surface area contributed by atoms with Crippen molar-refractivity contribution in [2.24, 2.45) is 7.05 Å². The first-order valence-corrected chi connectivity index (χ1v) is 10.2. The second-order valence-corrected chi connectivity index (χ2v) is 8.50. The van der Waals surface area contributed by atoms with E-state index in [-0.39, 0.29) is 11.7 Å². The van der Waals surface area contributed by atoms with Gasteiger partial charge in [0, 0.05) is 12.7 Å². The Bertz CT molecular complexity index is 978. The Kier molecular flexibility index (Phi) is 5.81. The van der Waals surface area contributed by atoms with Gasteiger partial charge in [-0.2, -0.15) is 5.10 Å². The Morgan fingerprint density at radius 3 is 2.63 bits per heavy atom. The smallest absolute Gasteiger partial charge is 0.234 e. The standard InChI is InChI=1S/C18H22N6OS2/c1-10-6-7-14(8-11(10)2)19-17-21-22-18(27-17)26-9-15(25)20-16-12(3)23-24(5)13(16)4/h6-8H,9H2,1-5H3,(H,19,21)(H,20,25). The lowest BCUT2D eigenvalue weighted by Gasteiger charge is -2.05. The first kappa shape index (κ1) is 19.4. The van der Waals surface area contributed by atoms with Gasteiger partial charge < -0.3 is 10.6 Å². The zero-order valence-electron chi connectivity index (χ0n) is 16.0. The molecule has 0 aliphatic carbocycles. The van der Waals surface area contributed by atoms with Crippen LogP contribution in [-0.4, -0.2) is 31.6 Å². The van der Waals surface area contributed by atoms with E-state index >= 15 is 0 Å². The highest BCUT2D eigenvalue weighted by molar-refractivity contribution is 8.01. The van der Waals surface area contributed by atoms with Crippen LogP contribution in [0.4, 0.5) is 16.5 Å². The molecule has 0 atom stereocenters. The highest BCUT2D eigenvalue weighted by Gasteiger charge is 2.14. The summed E-state index contributed by atoms with van der Waals surface area (Å²) < 4.78 is 2.50. The number of amides is 1. The van der Waals surface area contributed by atoms with Gasteiger partial charge in [0.15, 0.2) is 4.34 Å². The van der Waals surface area contributed by atoms with Gasteiger partial charge >= 0.3 is 0 Å². The fourth-order valence-corrected chi connectivity index (χ4v) is 4.09. The van der Waals surface area contributed by atoms with E-state index in [9.17, 15) is 4.79 Å². The van der Waals surface area contributed by atoms with Gasteiger partial charge in [0.05, 0.1) is 22.8 Å². The van der Waals surface area contributed by atoms with Crippen LogP contribution in [0.2, 0.25) is 0 Å². The van der Waals surface area contributed by atoms with Crippen LogP contribution in [0.5, 0.6) is 0 Å². The van der Waals surface area contributed by atoms with Gasteiger partial charge in [-0.1, -0.05) is 29.2 Å². The summed E-state index contributed by atoms with van der Waals surface area (Å²) in [6.07, 6.45) is 0. The Balaban J connectivity index is 1.56. The molecular weight excluding hydrogens is 380 g/mol. The summed E-state index contributed by atoms with van der Waals surface area (Å²) in [5.74, 6) is 0.185. The van der Waals surface area contributed by atoms with Crippen molar-refractivity contribution < 1.29 is 4.79 Å². The van der Waals surface area contributed by atoms with Gasteiger partial charge in [0.2, 0.25) is 11.0 Å². The quantitative estimate of drug-likeness (QED) is 0.607. The number of aromatic nitrogens is 4. The van der Waals surface area contributed by atoms with Gasteiger partial charge in [0.25, 0.3) is 0 Å². The highest BCUT2D eigenvalue weighted by atomic mass is 32.2. The summed E-state index contributed by atoms with van der Waals surface area (Å²) >= 11 is 2.80. The number of anilines is 3. The van der Waals surface area contributed by atoms with Crippen molar-refractivity contribution in [1.29, 1.82) is 0 Å². The van der Waals surface area contributed by atoms with Gasteiger partial charge in [-0.15, -0.1) is 10.2 Å². The van der Waals surface area contributed by atoms with Crippen molar-refractivity contribution in [1.82, 2.24) is 20.0 Å². The molecule has 3 rings (SSSR count). The van der Waals surface area contributed by atoms with Crippen molar-refractivity contribution in [3.05, 3.63) is 40.7 Å². The van der Waals surface area contributed by atoms with E-state index in [1.54, 1.807) is 4.68 Å². The summed E-state index contributed by atoms with van der Waals surface area (Å²) in [6.45, 7) is 7.97. The maximum absolute atomic E-state index is 12.2. The van der Waals surface area contributed by atoms with Crippen LogP contribution in [-0.2, 0) is 11.8 Å². The molecule has 1 amide bonds. The molecule has 3 aromatic rings. The average Bonchev–Trinajstić information content (AvgIpc) is 3.16. The van der Waals surface area contributed by atoms with Gasteiger partial charge in [-0.3, -0.25) is 9.48 Å². The number of carbonyl (C=O) groups excluding carboxylic acids is 1. The zero-order chi connectivity index (χ0) is 19.6. The first-order chi connectivity index (χ1) is 12.8. The minimum Gasteiger partial charge on any atom is -0.330 e. The van der Waals surface area contributed by atoms with Crippen molar-refractivity contribution >= 4 is 45.5 Å². The summed E-state index contributed by atoms with van der Waals surface area (Å²) in [4.78, 5) is 12.2. The molecule has 0 fully saturated rings. The fourth-order valence-electron chi connectivity index (χ4n) is 2.52. The summed E-state index contributed by atoms with van der Waals surface area (Å²) in [5, 5.41) is 19.5. The van der Waals surface area contributed by atoms with Crippen LogP contribution in [0, 0.1) is 27.7 Å². The minimum absolute atomic E-state index is 0.0851. The molecule has 1 aromatic carbocycles. The third-order valence-electron chi connectivity index (χ3n) is 4.26. The highest BCUT2D eigenvalue weighted by Crippen LogP contribution is 2.28. The predicted molar refractivity (Wildman–Crippen MR) is 111 cm³/mol. The molecule has 2 N–H and O–H groups in total. The molecule has 7 nitrogen and oxygen atoms in total. The number of nitrogens with one attached hydrogen (secondary N) is 2. The first-order valence-electron chi connectivity index (χ1n) is 8.44. The molecule has 27 heavy (non-hydrogen) atoms. The summed E-state index contributed by atoms with van der Waals surface area (Å²) in [7, 11) is 1.86. The van der Waals surface area contributed by atoms with Crippen LogP contribution in [0.3, 0.4) is 0 Å². The maximum Gasteiger partial charge on any atom is 0.234 e. The molecule has 142 valence electrons. The lowest BCUT2D eigenvalue weighted by molar-refractivity contribution is -0.113. The lowest BCUT2D eigenvalue weighted by atomic mass is 10.1. The average molecular weight is 403 g/mol. The van der Waals surface area contributed by atoms with Crippen LogP contribution < -0.4 is 10.6 Å². The van der Waals surface area contributed by atoms with E-state index in [4.69, 9.17) is 0 Å². The molecule has 0 saturated carbocycles. The Labute approximate surface area is 166 Å². The van der Waals surface area contributed by atoms with Gasteiger partial charge in [-0.25, -0.2) is 0 Å². The fraction of sp³-hybridized carbons (Fsp3) is 0.333. The Morgan fingerprint density at radius 1 is 1.19 bits per heavy atom. The van der Waals surface area contributed by atoms with E-state index in [1.807, 2.05) is 27.0 Å². The SMILES string of the molecule is Cc1ccc(Nc2nnc(SCC(=O)Nc3c(C)nn(C)c3C)s2)cc1C. The van der Waals surface area contributed by atoms with Crippen molar-refractivity contribution in [3.63, 3.8) is 0 Å². The lowest BCUT2D eigenvalue weighted by Crippen LogP contribution is -2.15. The number of nitrogens with zero attached hydrogens (tertiary/aromatic N) is 4. The van der Waals surface area contributed by atoms with E-state index in [1.165, 1.54) is 34.2 Å². The van der Waals surface area contributed by atoms with Crippen molar-refractivity contribution in [2.45, 2.75) is 32.0 Å². The van der Waals surface area contributed by atoms with Crippen molar-refractivity contribution in [2.75, 3.05) is 16.4 Å². The molecule has 0 saturated heterocycles.